The van der Waals surface area contributed by atoms with Crippen LogP contribution in [-0.4, -0.2) is 51.8 Å². The van der Waals surface area contributed by atoms with Crippen LogP contribution in [0.15, 0.2) is 53.5 Å². The van der Waals surface area contributed by atoms with Gasteiger partial charge in [-0.25, -0.2) is 0 Å². The highest BCUT2D eigenvalue weighted by molar-refractivity contribution is 5.80. The van der Waals surface area contributed by atoms with E-state index in [2.05, 4.69) is 29.7 Å². The van der Waals surface area contributed by atoms with Gasteiger partial charge in [0.05, 0.1) is 17.4 Å². The van der Waals surface area contributed by atoms with E-state index in [4.69, 9.17) is 0 Å². The van der Waals surface area contributed by atoms with Crippen molar-refractivity contribution in [1.29, 1.82) is 0 Å². The lowest BCUT2D eigenvalue weighted by Crippen LogP contribution is -2.35. The van der Waals surface area contributed by atoms with Crippen LogP contribution in [-0.2, 0) is 13.6 Å². The molecule has 1 fully saturated rings. The van der Waals surface area contributed by atoms with Crippen molar-refractivity contribution in [2.45, 2.75) is 25.3 Å². The summed E-state index contributed by atoms with van der Waals surface area (Å²) >= 11 is 0. The van der Waals surface area contributed by atoms with Crippen molar-refractivity contribution in [2.24, 2.45) is 7.05 Å². The number of piperidine rings is 1. The van der Waals surface area contributed by atoms with Crippen LogP contribution in [0, 0.1) is 0 Å². The minimum absolute atomic E-state index is 0.0567. The fourth-order valence-corrected chi connectivity index (χ4v) is 4.74. The molecule has 0 spiro atoms. The van der Waals surface area contributed by atoms with E-state index in [1.165, 1.54) is 0 Å². The number of nitrogens with zero attached hydrogens (tertiary/aromatic N) is 8. The molecule has 0 bridgehead atoms. The van der Waals surface area contributed by atoms with Crippen molar-refractivity contribution < 1.29 is 0 Å². The molecular weight excluding hydrogens is 392 g/mol. The summed E-state index contributed by atoms with van der Waals surface area (Å²) in [5, 5.41) is 18.3. The first-order valence-electron chi connectivity index (χ1n) is 10.5. The first-order valence-corrected chi connectivity index (χ1v) is 10.5. The maximum absolute atomic E-state index is 12.7. The van der Waals surface area contributed by atoms with Crippen molar-refractivity contribution in [3.05, 3.63) is 70.7 Å². The molecular formula is C22H22N8O. The van der Waals surface area contributed by atoms with Gasteiger partial charge in [0.2, 0.25) is 5.78 Å². The quantitative estimate of drug-likeness (QED) is 0.449. The smallest absolute Gasteiger partial charge is 0.262 e. The fraction of sp³-hybridized carbons (Fsp3) is 0.318. The van der Waals surface area contributed by atoms with Gasteiger partial charge in [-0.2, -0.15) is 0 Å². The highest BCUT2D eigenvalue weighted by Gasteiger charge is 2.26. The van der Waals surface area contributed by atoms with Gasteiger partial charge in [0, 0.05) is 25.7 Å². The minimum Gasteiger partial charge on any atom is -0.295 e. The van der Waals surface area contributed by atoms with Gasteiger partial charge in [0.15, 0.2) is 11.5 Å². The summed E-state index contributed by atoms with van der Waals surface area (Å²) < 4.78 is 5.66. The van der Waals surface area contributed by atoms with Crippen LogP contribution in [0.2, 0.25) is 0 Å². The van der Waals surface area contributed by atoms with E-state index >= 15 is 0 Å². The second-order valence-electron chi connectivity index (χ2n) is 8.19. The number of hydrogen-bond acceptors (Lipinski definition) is 6. The second kappa shape index (κ2) is 6.98. The highest BCUT2D eigenvalue weighted by Crippen LogP contribution is 2.27. The second-order valence-corrected chi connectivity index (χ2v) is 8.19. The van der Waals surface area contributed by atoms with Gasteiger partial charge in [0.1, 0.15) is 5.82 Å². The van der Waals surface area contributed by atoms with Crippen molar-refractivity contribution >= 4 is 22.3 Å². The Morgan fingerprint density at radius 3 is 2.84 bits per heavy atom. The third-order valence-electron chi connectivity index (χ3n) is 6.27. The summed E-state index contributed by atoms with van der Waals surface area (Å²) in [6, 6.07) is 13.6. The number of benzene rings is 1. The Morgan fingerprint density at radius 1 is 1.03 bits per heavy atom. The maximum Gasteiger partial charge on any atom is 0.262 e. The fourth-order valence-electron chi connectivity index (χ4n) is 4.74. The van der Waals surface area contributed by atoms with Crippen LogP contribution >= 0.6 is 0 Å². The molecule has 1 saturated heterocycles. The Labute approximate surface area is 177 Å². The SMILES string of the molecule is Cn1c(=O)c2ccccc2n2c(CN3CCCC(c4nnc5ccccn45)C3)nnc12. The molecule has 5 heterocycles. The molecule has 156 valence electrons. The van der Waals surface area contributed by atoms with E-state index in [9.17, 15) is 4.79 Å². The topological polar surface area (TPSA) is 85.6 Å². The molecule has 6 rings (SSSR count). The van der Waals surface area contributed by atoms with E-state index < -0.39 is 0 Å². The lowest BCUT2D eigenvalue weighted by atomic mass is 9.97. The van der Waals surface area contributed by atoms with E-state index in [-0.39, 0.29) is 5.56 Å². The number of hydrogen-bond donors (Lipinski definition) is 0. The Hall–Kier alpha value is -3.59. The number of fused-ring (bicyclic) bond motifs is 4. The zero-order chi connectivity index (χ0) is 20.9. The summed E-state index contributed by atoms with van der Waals surface area (Å²) in [5.74, 6) is 2.73. The zero-order valence-electron chi connectivity index (χ0n) is 17.2. The van der Waals surface area contributed by atoms with Gasteiger partial charge in [-0.3, -0.25) is 23.1 Å². The molecule has 0 N–H and O–H groups in total. The number of rotatable bonds is 3. The Balaban J connectivity index is 1.36. The number of aromatic nitrogens is 7. The Kier molecular flexibility index (Phi) is 4.10. The minimum atomic E-state index is -0.0567. The summed E-state index contributed by atoms with van der Waals surface area (Å²) in [6.45, 7) is 2.54. The molecule has 1 aliphatic heterocycles. The highest BCUT2D eigenvalue weighted by atomic mass is 16.1. The van der Waals surface area contributed by atoms with Crippen molar-refractivity contribution in [3.63, 3.8) is 0 Å². The van der Waals surface area contributed by atoms with Crippen molar-refractivity contribution in [2.75, 3.05) is 13.1 Å². The third kappa shape index (κ3) is 2.84. The molecule has 0 radical (unpaired) electrons. The molecule has 1 aromatic carbocycles. The number of aryl methyl sites for hydroxylation is 1. The van der Waals surface area contributed by atoms with Gasteiger partial charge < -0.3 is 0 Å². The largest absolute Gasteiger partial charge is 0.295 e. The van der Waals surface area contributed by atoms with Gasteiger partial charge in [-0.05, 0) is 43.7 Å². The number of pyridine rings is 1. The van der Waals surface area contributed by atoms with Crippen molar-refractivity contribution in [3.8, 4) is 0 Å². The lowest BCUT2D eigenvalue weighted by molar-refractivity contribution is 0.191. The molecule has 9 heteroatoms. The first-order chi connectivity index (χ1) is 15.2. The standard InChI is InChI=1S/C22H22N8O/c1-27-21(31)16-8-2-3-9-17(16)30-19(24-26-22(27)30)14-28-11-6-7-15(13-28)20-25-23-18-10-4-5-12-29(18)20/h2-5,8-10,12,15H,6-7,11,13-14H2,1H3. The predicted octanol–water partition coefficient (Wildman–Crippen LogP) is 2.00. The molecule has 0 aliphatic carbocycles. The monoisotopic (exact) mass is 414 g/mol. The van der Waals surface area contributed by atoms with E-state index in [1.54, 1.807) is 11.6 Å². The normalized spacial score (nSPS) is 17.8. The molecule has 5 aromatic rings. The summed E-state index contributed by atoms with van der Waals surface area (Å²) in [5.41, 5.74) is 1.67. The van der Waals surface area contributed by atoms with Gasteiger partial charge in [0.25, 0.3) is 5.56 Å². The lowest BCUT2D eigenvalue weighted by Gasteiger charge is -2.31. The molecule has 1 atom stereocenters. The molecule has 0 saturated carbocycles. The molecule has 9 nitrogen and oxygen atoms in total. The summed E-state index contributed by atoms with van der Waals surface area (Å²) in [7, 11) is 1.75. The van der Waals surface area contributed by atoms with E-state index in [0.717, 1.165) is 48.7 Å². The van der Waals surface area contributed by atoms with E-state index in [0.29, 0.717) is 23.6 Å². The molecule has 1 unspecified atom stereocenters. The number of likely N-dealkylation sites (tertiary alicyclic amines) is 1. The van der Waals surface area contributed by atoms with Gasteiger partial charge in [-0.1, -0.05) is 18.2 Å². The Bertz CT molecular complexity index is 1480. The van der Waals surface area contributed by atoms with Crippen LogP contribution in [0.4, 0.5) is 0 Å². The Morgan fingerprint density at radius 2 is 1.90 bits per heavy atom. The van der Waals surface area contributed by atoms with Crippen LogP contribution in [0.25, 0.3) is 22.3 Å². The average Bonchev–Trinajstić information content (AvgIpc) is 3.42. The first kappa shape index (κ1) is 18.2. The molecule has 0 amide bonds. The van der Waals surface area contributed by atoms with Crippen LogP contribution in [0.5, 0.6) is 0 Å². The molecule has 4 aromatic heterocycles. The third-order valence-corrected chi connectivity index (χ3v) is 6.27. The predicted molar refractivity (Wildman–Crippen MR) is 116 cm³/mol. The molecule has 1 aliphatic rings. The number of para-hydroxylation sites is 1. The van der Waals surface area contributed by atoms with Crippen molar-refractivity contribution in [1.82, 2.24) is 38.7 Å². The van der Waals surface area contributed by atoms with Crippen LogP contribution < -0.4 is 5.56 Å². The van der Waals surface area contributed by atoms with Crippen LogP contribution in [0.1, 0.15) is 30.4 Å². The van der Waals surface area contributed by atoms with Gasteiger partial charge >= 0.3 is 0 Å². The maximum atomic E-state index is 12.7. The van der Waals surface area contributed by atoms with Crippen LogP contribution in [0.3, 0.4) is 0 Å². The average molecular weight is 414 g/mol. The summed E-state index contributed by atoms with van der Waals surface area (Å²) in [4.78, 5) is 15.1. The molecule has 31 heavy (non-hydrogen) atoms. The zero-order valence-corrected chi connectivity index (χ0v) is 17.2. The summed E-state index contributed by atoms with van der Waals surface area (Å²) in [6.07, 6.45) is 4.20. The van der Waals surface area contributed by atoms with E-state index in [1.807, 2.05) is 53.1 Å². The van der Waals surface area contributed by atoms with Gasteiger partial charge in [-0.15, -0.1) is 20.4 Å².